The second-order valence-electron chi connectivity index (χ2n) is 8.54. The van der Waals surface area contributed by atoms with E-state index < -0.39 is 0 Å². The van der Waals surface area contributed by atoms with E-state index in [4.69, 9.17) is 9.47 Å². The first-order chi connectivity index (χ1) is 16.7. The van der Waals surface area contributed by atoms with Crippen molar-refractivity contribution in [3.05, 3.63) is 78.0 Å². The highest BCUT2D eigenvalue weighted by molar-refractivity contribution is 6.03. The molecule has 5 rings (SSSR count). The van der Waals surface area contributed by atoms with Gasteiger partial charge < -0.3 is 19.7 Å². The number of hydrogen-bond acceptors (Lipinski definition) is 6. The van der Waals surface area contributed by atoms with Gasteiger partial charge in [-0.1, -0.05) is 31.2 Å². The average molecular weight is 495 g/mol. The van der Waals surface area contributed by atoms with E-state index in [1.807, 2.05) is 36.4 Å². The lowest BCUT2D eigenvalue weighted by Gasteiger charge is -2.41. The van der Waals surface area contributed by atoms with Crippen LogP contribution in [0.2, 0.25) is 0 Å². The number of benzene rings is 2. The molecule has 0 bridgehead atoms. The molecule has 1 saturated heterocycles. The van der Waals surface area contributed by atoms with Gasteiger partial charge in [-0.05, 0) is 48.4 Å². The maximum absolute atomic E-state index is 12.6. The molecule has 0 radical (unpaired) electrons. The second-order valence-corrected chi connectivity index (χ2v) is 8.54. The van der Waals surface area contributed by atoms with E-state index in [1.54, 1.807) is 12.3 Å². The molecular formula is C27H31ClN4O3. The number of halogens is 1. The molecule has 1 atom stereocenters. The van der Waals surface area contributed by atoms with Gasteiger partial charge in [-0.25, -0.2) is 4.98 Å². The Morgan fingerprint density at radius 3 is 2.46 bits per heavy atom. The fourth-order valence-corrected chi connectivity index (χ4v) is 4.77. The van der Waals surface area contributed by atoms with Crippen LogP contribution in [0.25, 0.3) is 0 Å². The number of nitrogens with one attached hydrogen (secondary N) is 1. The van der Waals surface area contributed by atoms with Crippen LogP contribution in [0.5, 0.6) is 11.5 Å². The van der Waals surface area contributed by atoms with E-state index in [0.717, 1.165) is 49.8 Å². The quantitative estimate of drug-likeness (QED) is 0.531. The Labute approximate surface area is 212 Å². The molecule has 2 aliphatic rings. The van der Waals surface area contributed by atoms with Crippen molar-refractivity contribution in [3.63, 3.8) is 0 Å². The zero-order valence-electron chi connectivity index (χ0n) is 19.9. The summed E-state index contributed by atoms with van der Waals surface area (Å²) in [7, 11) is 0. The van der Waals surface area contributed by atoms with Crippen LogP contribution in [0.15, 0.2) is 66.9 Å². The molecule has 0 spiro atoms. The smallest absolute Gasteiger partial charge is 0.256 e. The number of amides is 1. The molecule has 35 heavy (non-hydrogen) atoms. The molecular weight excluding hydrogens is 464 g/mol. The predicted octanol–water partition coefficient (Wildman–Crippen LogP) is 4.80. The highest BCUT2D eigenvalue weighted by atomic mass is 35.5. The largest absolute Gasteiger partial charge is 0.486 e. The molecule has 1 unspecified atom stereocenters. The van der Waals surface area contributed by atoms with Gasteiger partial charge in [0.1, 0.15) is 19.0 Å². The minimum absolute atomic E-state index is 0. The summed E-state index contributed by atoms with van der Waals surface area (Å²) in [6, 6.07) is 19.9. The Kier molecular flexibility index (Phi) is 8.10. The number of piperazine rings is 1. The zero-order valence-corrected chi connectivity index (χ0v) is 20.7. The van der Waals surface area contributed by atoms with Gasteiger partial charge in [0.15, 0.2) is 11.5 Å². The average Bonchev–Trinajstić information content (AvgIpc) is 2.90. The van der Waals surface area contributed by atoms with Crippen LogP contribution in [-0.2, 0) is 0 Å². The van der Waals surface area contributed by atoms with Crippen LogP contribution in [0.3, 0.4) is 0 Å². The first kappa shape index (κ1) is 24.8. The van der Waals surface area contributed by atoms with Crippen molar-refractivity contribution >= 4 is 29.8 Å². The normalized spacial score (nSPS) is 16.2. The van der Waals surface area contributed by atoms with Gasteiger partial charge in [0.25, 0.3) is 5.91 Å². The van der Waals surface area contributed by atoms with Crippen molar-refractivity contribution < 1.29 is 14.3 Å². The molecule has 1 aromatic heterocycles. The number of rotatable bonds is 6. The maximum Gasteiger partial charge on any atom is 0.256 e. The minimum atomic E-state index is -0.149. The van der Waals surface area contributed by atoms with E-state index in [9.17, 15) is 4.79 Å². The Bertz CT molecular complexity index is 1120. The number of carbonyl (C=O) groups is 1. The first-order valence-electron chi connectivity index (χ1n) is 11.9. The highest BCUT2D eigenvalue weighted by Gasteiger charge is 2.27. The molecule has 184 valence electrons. The van der Waals surface area contributed by atoms with E-state index in [1.165, 1.54) is 5.56 Å². The molecule has 1 N–H and O–H groups in total. The summed E-state index contributed by atoms with van der Waals surface area (Å²) in [5, 5.41) is 2.84. The predicted molar refractivity (Wildman–Crippen MR) is 140 cm³/mol. The monoisotopic (exact) mass is 494 g/mol. The molecule has 2 aromatic carbocycles. The summed E-state index contributed by atoms with van der Waals surface area (Å²) >= 11 is 0. The van der Waals surface area contributed by atoms with Crippen molar-refractivity contribution in [2.24, 2.45) is 0 Å². The van der Waals surface area contributed by atoms with E-state index in [0.29, 0.717) is 30.6 Å². The van der Waals surface area contributed by atoms with Crippen LogP contribution in [0.1, 0.15) is 35.3 Å². The van der Waals surface area contributed by atoms with Gasteiger partial charge >= 0.3 is 0 Å². The number of nitrogens with zero attached hydrogens (tertiary/aromatic N) is 3. The van der Waals surface area contributed by atoms with E-state index in [2.05, 4.69) is 45.2 Å². The van der Waals surface area contributed by atoms with Crippen molar-refractivity contribution in [2.45, 2.75) is 19.4 Å². The molecule has 3 heterocycles. The van der Waals surface area contributed by atoms with Gasteiger partial charge in [-0.15, -0.1) is 12.4 Å². The number of fused-ring (bicyclic) bond motifs is 1. The summed E-state index contributed by atoms with van der Waals surface area (Å²) in [6.07, 6.45) is 2.68. The van der Waals surface area contributed by atoms with Crippen molar-refractivity contribution in [3.8, 4) is 11.5 Å². The van der Waals surface area contributed by atoms with Crippen LogP contribution < -0.4 is 19.7 Å². The lowest BCUT2D eigenvalue weighted by Crippen LogP contribution is -2.47. The Morgan fingerprint density at radius 1 is 0.971 bits per heavy atom. The van der Waals surface area contributed by atoms with Gasteiger partial charge in [0, 0.05) is 44.0 Å². The van der Waals surface area contributed by atoms with Crippen molar-refractivity contribution in [2.75, 3.05) is 49.6 Å². The Morgan fingerprint density at radius 2 is 1.74 bits per heavy atom. The summed E-state index contributed by atoms with van der Waals surface area (Å²) in [5.74, 6) is 2.11. The van der Waals surface area contributed by atoms with Crippen molar-refractivity contribution in [1.82, 2.24) is 9.88 Å². The SMILES string of the molecule is CCC(c1ccc(C(=O)Nc2ccccn2)cc1)N1CCN(c2cccc3c2OCCO3)CC1.Cl. The van der Waals surface area contributed by atoms with Crippen LogP contribution in [0.4, 0.5) is 11.5 Å². The number of aromatic nitrogens is 1. The van der Waals surface area contributed by atoms with Gasteiger partial charge in [-0.3, -0.25) is 9.69 Å². The van der Waals surface area contributed by atoms with Gasteiger partial charge in [0.2, 0.25) is 0 Å². The Hall–Kier alpha value is -3.29. The van der Waals surface area contributed by atoms with Crippen molar-refractivity contribution in [1.29, 1.82) is 0 Å². The van der Waals surface area contributed by atoms with Gasteiger partial charge in [-0.2, -0.15) is 0 Å². The third-order valence-corrected chi connectivity index (χ3v) is 6.49. The summed E-state index contributed by atoms with van der Waals surface area (Å²) in [4.78, 5) is 21.6. The number of para-hydroxylation sites is 1. The molecule has 1 fully saturated rings. The van der Waals surface area contributed by atoms with Crippen LogP contribution in [-0.4, -0.2) is 55.2 Å². The molecule has 7 nitrogen and oxygen atoms in total. The standard InChI is InChI=1S/C27H30N4O3.ClH/c1-2-22(20-9-11-21(12-10-20)27(32)29-25-8-3-4-13-28-25)30-14-16-31(17-15-30)23-6-5-7-24-26(23)34-19-18-33-24;/h3-13,22H,2,14-19H2,1H3,(H,28,29,32);1H. The summed E-state index contributed by atoms with van der Waals surface area (Å²) < 4.78 is 11.7. The number of pyridine rings is 1. The van der Waals surface area contributed by atoms with E-state index in [-0.39, 0.29) is 18.3 Å². The van der Waals surface area contributed by atoms with E-state index >= 15 is 0 Å². The molecule has 1 amide bonds. The lowest BCUT2D eigenvalue weighted by molar-refractivity contribution is 0.102. The number of hydrogen-bond donors (Lipinski definition) is 1. The van der Waals surface area contributed by atoms with Crippen LogP contribution >= 0.6 is 12.4 Å². The minimum Gasteiger partial charge on any atom is -0.486 e. The first-order valence-corrected chi connectivity index (χ1v) is 11.9. The van der Waals surface area contributed by atoms with Gasteiger partial charge in [0.05, 0.1) is 5.69 Å². The fourth-order valence-electron chi connectivity index (χ4n) is 4.77. The topological polar surface area (TPSA) is 66.9 Å². The molecule has 0 saturated carbocycles. The molecule has 8 heteroatoms. The lowest BCUT2D eigenvalue weighted by atomic mass is 10.00. The number of carbonyl (C=O) groups excluding carboxylic acids is 1. The Balaban J connectivity index is 0.00000289. The molecule has 2 aliphatic heterocycles. The fraction of sp³-hybridized carbons (Fsp3) is 0.333. The maximum atomic E-state index is 12.6. The third-order valence-electron chi connectivity index (χ3n) is 6.49. The number of ether oxygens (including phenoxy) is 2. The third kappa shape index (κ3) is 5.52. The zero-order chi connectivity index (χ0) is 23.3. The highest BCUT2D eigenvalue weighted by Crippen LogP contribution is 2.40. The summed E-state index contributed by atoms with van der Waals surface area (Å²) in [6.45, 7) is 7.21. The molecule has 0 aliphatic carbocycles. The second kappa shape index (κ2) is 11.4. The molecule has 3 aromatic rings. The van der Waals surface area contributed by atoms with Crippen LogP contribution in [0, 0.1) is 0 Å². The number of anilines is 2. The summed E-state index contributed by atoms with van der Waals surface area (Å²) in [5.41, 5.74) is 2.98.